The zero-order valence-corrected chi connectivity index (χ0v) is 18.0. The van der Waals surface area contributed by atoms with E-state index >= 15 is 0 Å². The van der Waals surface area contributed by atoms with Gasteiger partial charge in [0.1, 0.15) is 11.5 Å². The summed E-state index contributed by atoms with van der Waals surface area (Å²) in [4.78, 5) is 27.2. The number of para-hydroxylation sites is 1. The zero-order chi connectivity index (χ0) is 22.0. The van der Waals surface area contributed by atoms with Gasteiger partial charge in [0.2, 0.25) is 11.8 Å². The summed E-state index contributed by atoms with van der Waals surface area (Å²) in [6.07, 6.45) is 0.216. The van der Waals surface area contributed by atoms with Crippen molar-refractivity contribution in [3.8, 4) is 11.5 Å². The van der Waals surface area contributed by atoms with Crippen LogP contribution in [0.25, 0.3) is 0 Å². The van der Waals surface area contributed by atoms with E-state index in [1.807, 2.05) is 87.5 Å². The van der Waals surface area contributed by atoms with Crippen LogP contribution in [0.4, 0.5) is 11.4 Å². The van der Waals surface area contributed by atoms with Gasteiger partial charge >= 0.3 is 0 Å². The van der Waals surface area contributed by atoms with Crippen LogP contribution in [-0.2, 0) is 9.59 Å². The van der Waals surface area contributed by atoms with Crippen molar-refractivity contribution in [2.45, 2.75) is 27.2 Å². The van der Waals surface area contributed by atoms with E-state index in [2.05, 4.69) is 5.32 Å². The molecule has 1 saturated heterocycles. The van der Waals surface area contributed by atoms with Gasteiger partial charge in [-0.2, -0.15) is 0 Å². The number of anilines is 2. The molecule has 1 N–H and O–H groups in total. The van der Waals surface area contributed by atoms with E-state index in [0.717, 1.165) is 28.1 Å². The summed E-state index contributed by atoms with van der Waals surface area (Å²) in [5.41, 5.74) is 4.81. The monoisotopic (exact) mass is 414 g/mol. The summed E-state index contributed by atoms with van der Waals surface area (Å²) in [5.74, 6) is 0.928. The highest BCUT2D eigenvalue weighted by Gasteiger charge is 2.36. The van der Waals surface area contributed by atoms with Crippen LogP contribution in [0.5, 0.6) is 11.5 Å². The van der Waals surface area contributed by atoms with E-state index in [0.29, 0.717) is 18.0 Å². The van der Waals surface area contributed by atoms with E-state index in [-0.39, 0.29) is 24.2 Å². The lowest BCUT2D eigenvalue weighted by molar-refractivity contribution is -0.122. The molecule has 0 radical (unpaired) electrons. The highest BCUT2D eigenvalue weighted by molar-refractivity contribution is 6.04. The molecule has 1 atom stereocenters. The predicted octanol–water partition coefficient (Wildman–Crippen LogP) is 5.40. The van der Waals surface area contributed by atoms with Gasteiger partial charge in [-0.05, 0) is 73.9 Å². The molecule has 0 spiro atoms. The number of amides is 2. The molecule has 2 amide bonds. The van der Waals surface area contributed by atoms with Crippen LogP contribution in [-0.4, -0.2) is 18.4 Å². The van der Waals surface area contributed by atoms with Gasteiger partial charge in [0.05, 0.1) is 5.92 Å². The number of ether oxygens (including phenoxy) is 1. The minimum atomic E-state index is -0.380. The summed E-state index contributed by atoms with van der Waals surface area (Å²) >= 11 is 0. The number of nitrogens with zero attached hydrogens (tertiary/aromatic N) is 1. The number of aryl methyl sites for hydroxylation is 3. The number of nitrogens with one attached hydrogen (secondary N) is 1. The maximum Gasteiger partial charge on any atom is 0.229 e. The van der Waals surface area contributed by atoms with Crippen LogP contribution >= 0.6 is 0 Å². The Kier molecular flexibility index (Phi) is 5.76. The fourth-order valence-corrected chi connectivity index (χ4v) is 4.00. The molecular weight excluding hydrogens is 388 g/mol. The molecule has 1 heterocycles. The van der Waals surface area contributed by atoms with Crippen molar-refractivity contribution in [1.82, 2.24) is 0 Å². The molecule has 0 saturated carbocycles. The Balaban J connectivity index is 1.40. The SMILES string of the molecule is Cc1cccc(Oc2ccc(NC(=O)[C@H]3CC(=O)N(c4c(C)cccc4C)C3)cc2)c1. The van der Waals surface area contributed by atoms with Gasteiger partial charge in [0, 0.05) is 24.3 Å². The largest absolute Gasteiger partial charge is 0.457 e. The van der Waals surface area contributed by atoms with Crippen molar-refractivity contribution in [3.05, 3.63) is 83.4 Å². The lowest BCUT2D eigenvalue weighted by atomic mass is 10.1. The normalized spacial score (nSPS) is 15.8. The second kappa shape index (κ2) is 8.64. The van der Waals surface area contributed by atoms with E-state index in [1.54, 1.807) is 4.90 Å². The zero-order valence-electron chi connectivity index (χ0n) is 18.0. The minimum absolute atomic E-state index is 0.0144. The number of rotatable bonds is 5. The van der Waals surface area contributed by atoms with Crippen molar-refractivity contribution in [1.29, 1.82) is 0 Å². The van der Waals surface area contributed by atoms with Crippen molar-refractivity contribution < 1.29 is 14.3 Å². The van der Waals surface area contributed by atoms with E-state index < -0.39 is 0 Å². The summed E-state index contributed by atoms with van der Waals surface area (Å²) in [7, 11) is 0. The highest BCUT2D eigenvalue weighted by atomic mass is 16.5. The van der Waals surface area contributed by atoms with Gasteiger partial charge in [-0.15, -0.1) is 0 Å². The first kappa shape index (κ1) is 20.7. The Hall–Kier alpha value is -3.60. The van der Waals surface area contributed by atoms with Crippen molar-refractivity contribution in [2.75, 3.05) is 16.8 Å². The van der Waals surface area contributed by atoms with Gasteiger partial charge in [-0.3, -0.25) is 9.59 Å². The average Bonchev–Trinajstić information content (AvgIpc) is 3.11. The van der Waals surface area contributed by atoms with Crippen molar-refractivity contribution in [3.63, 3.8) is 0 Å². The average molecular weight is 415 g/mol. The summed E-state index contributed by atoms with van der Waals surface area (Å²) in [6.45, 7) is 6.39. The smallest absolute Gasteiger partial charge is 0.229 e. The van der Waals surface area contributed by atoms with Crippen LogP contribution in [0.15, 0.2) is 66.7 Å². The first-order valence-electron chi connectivity index (χ1n) is 10.4. The molecule has 1 aliphatic rings. The Morgan fingerprint density at radius 3 is 2.29 bits per heavy atom. The third-order valence-corrected chi connectivity index (χ3v) is 5.55. The second-order valence-corrected chi connectivity index (χ2v) is 8.08. The molecule has 3 aromatic rings. The van der Waals surface area contributed by atoms with Crippen molar-refractivity contribution in [2.24, 2.45) is 5.92 Å². The van der Waals surface area contributed by atoms with Gasteiger partial charge < -0.3 is 15.0 Å². The first-order chi connectivity index (χ1) is 14.9. The van der Waals surface area contributed by atoms with Crippen LogP contribution in [0.3, 0.4) is 0 Å². The quantitative estimate of drug-likeness (QED) is 0.608. The number of benzene rings is 3. The third kappa shape index (κ3) is 4.61. The molecule has 5 nitrogen and oxygen atoms in total. The molecular formula is C26H26N2O3. The molecule has 31 heavy (non-hydrogen) atoms. The summed E-state index contributed by atoms with van der Waals surface area (Å²) < 4.78 is 5.85. The lowest BCUT2D eigenvalue weighted by Gasteiger charge is -2.21. The Morgan fingerprint density at radius 1 is 0.935 bits per heavy atom. The van der Waals surface area contributed by atoms with E-state index in [4.69, 9.17) is 4.74 Å². The number of carbonyl (C=O) groups is 2. The van der Waals surface area contributed by atoms with Crippen LogP contribution < -0.4 is 15.0 Å². The number of hydrogen-bond donors (Lipinski definition) is 1. The van der Waals surface area contributed by atoms with Gasteiger partial charge in [-0.1, -0.05) is 30.3 Å². The van der Waals surface area contributed by atoms with Crippen LogP contribution in [0, 0.1) is 26.7 Å². The molecule has 0 aromatic heterocycles. The standard InChI is InChI=1S/C26H26N2O3/c1-17-6-4-9-23(14-17)31-22-12-10-21(11-13-22)27-26(30)20-15-24(29)28(16-20)25-18(2)7-5-8-19(25)3/h4-14,20H,15-16H2,1-3H3,(H,27,30)/t20-/m0/s1. The first-order valence-corrected chi connectivity index (χ1v) is 10.4. The minimum Gasteiger partial charge on any atom is -0.457 e. The second-order valence-electron chi connectivity index (χ2n) is 8.08. The molecule has 0 bridgehead atoms. The Morgan fingerprint density at radius 2 is 1.61 bits per heavy atom. The van der Waals surface area contributed by atoms with Gasteiger partial charge in [0.15, 0.2) is 0 Å². The Bertz CT molecular complexity index is 1100. The number of carbonyl (C=O) groups excluding carboxylic acids is 2. The maximum atomic E-state index is 12.8. The molecule has 5 heteroatoms. The van der Waals surface area contributed by atoms with Gasteiger partial charge in [-0.25, -0.2) is 0 Å². The molecule has 1 fully saturated rings. The maximum absolute atomic E-state index is 12.8. The molecule has 0 unspecified atom stereocenters. The molecule has 0 aliphatic carbocycles. The predicted molar refractivity (Wildman–Crippen MR) is 123 cm³/mol. The molecule has 1 aliphatic heterocycles. The topological polar surface area (TPSA) is 58.6 Å². The fourth-order valence-electron chi connectivity index (χ4n) is 4.00. The lowest BCUT2D eigenvalue weighted by Crippen LogP contribution is -2.29. The highest BCUT2D eigenvalue weighted by Crippen LogP contribution is 2.31. The van der Waals surface area contributed by atoms with Crippen LogP contribution in [0.1, 0.15) is 23.1 Å². The van der Waals surface area contributed by atoms with Crippen molar-refractivity contribution >= 4 is 23.2 Å². The third-order valence-electron chi connectivity index (χ3n) is 5.55. The molecule has 4 rings (SSSR count). The fraction of sp³-hybridized carbons (Fsp3) is 0.231. The van der Waals surface area contributed by atoms with E-state index in [9.17, 15) is 9.59 Å². The summed E-state index contributed by atoms with van der Waals surface area (Å²) in [5, 5.41) is 2.93. The molecule has 158 valence electrons. The number of hydrogen-bond acceptors (Lipinski definition) is 3. The van der Waals surface area contributed by atoms with Crippen LogP contribution in [0.2, 0.25) is 0 Å². The molecule has 3 aromatic carbocycles. The van der Waals surface area contributed by atoms with Gasteiger partial charge in [0.25, 0.3) is 0 Å². The summed E-state index contributed by atoms with van der Waals surface area (Å²) in [6, 6.07) is 21.0. The Labute approximate surface area is 182 Å². The van der Waals surface area contributed by atoms with E-state index in [1.165, 1.54) is 0 Å².